The fourth-order valence-corrected chi connectivity index (χ4v) is 2.97. The first-order chi connectivity index (χ1) is 9.76. The van der Waals surface area contributed by atoms with Crippen LogP contribution in [0.5, 0.6) is 0 Å². The lowest BCUT2D eigenvalue weighted by Crippen LogP contribution is -2.47. The Bertz CT molecular complexity index is 598. The van der Waals surface area contributed by atoms with Crippen LogP contribution in [0.2, 0.25) is 5.02 Å². The molecular weight excluding hydrogens is 276 g/mol. The summed E-state index contributed by atoms with van der Waals surface area (Å²) in [4.78, 5) is 2.39. The molecule has 0 radical (unpaired) electrons. The van der Waals surface area contributed by atoms with Crippen molar-refractivity contribution in [1.29, 1.82) is 0 Å². The Morgan fingerprint density at radius 1 is 1.35 bits per heavy atom. The van der Waals surface area contributed by atoms with Gasteiger partial charge in [-0.05, 0) is 12.8 Å². The van der Waals surface area contributed by atoms with Crippen LogP contribution in [0.1, 0.15) is 30.2 Å². The lowest BCUT2D eigenvalue weighted by atomic mass is 10.00. The first kappa shape index (κ1) is 12.4. The highest BCUT2D eigenvalue weighted by Gasteiger charge is 2.30. The van der Waals surface area contributed by atoms with Gasteiger partial charge < -0.3 is 4.52 Å². The van der Waals surface area contributed by atoms with Crippen LogP contribution in [0.4, 0.5) is 0 Å². The lowest BCUT2D eigenvalue weighted by Gasteiger charge is -2.38. The molecule has 0 spiro atoms. The van der Waals surface area contributed by atoms with Gasteiger partial charge in [0.05, 0.1) is 16.9 Å². The summed E-state index contributed by atoms with van der Waals surface area (Å²) in [6.45, 7) is 4.01. The quantitative estimate of drug-likeness (QED) is 0.850. The molecule has 0 amide bonds. The van der Waals surface area contributed by atoms with E-state index in [2.05, 4.69) is 21.2 Å². The van der Waals surface area contributed by atoms with Crippen LogP contribution in [0.3, 0.4) is 0 Å². The maximum absolute atomic E-state index is 5.86. The highest BCUT2D eigenvalue weighted by molar-refractivity contribution is 6.30. The number of aromatic nitrogens is 3. The number of hydrogen-bond acceptors (Lipinski definition) is 4. The van der Waals surface area contributed by atoms with E-state index in [1.54, 1.807) is 6.20 Å². The lowest BCUT2D eigenvalue weighted by molar-refractivity contribution is 0.0754. The van der Waals surface area contributed by atoms with Crippen molar-refractivity contribution >= 4 is 11.6 Å². The van der Waals surface area contributed by atoms with Gasteiger partial charge in [0.25, 0.3) is 0 Å². The molecule has 2 fully saturated rings. The van der Waals surface area contributed by atoms with Crippen LogP contribution in [-0.2, 0) is 13.1 Å². The minimum Gasteiger partial charge on any atom is -0.361 e. The Morgan fingerprint density at radius 2 is 2.20 bits per heavy atom. The molecule has 2 aliphatic rings. The number of nitrogens with zero attached hydrogens (tertiary/aromatic N) is 4. The molecule has 2 aromatic rings. The fraction of sp³-hybridized carbons (Fsp3) is 0.571. The molecule has 0 atom stereocenters. The van der Waals surface area contributed by atoms with E-state index in [0.717, 1.165) is 37.6 Å². The number of hydrogen-bond donors (Lipinski definition) is 0. The molecule has 0 unspecified atom stereocenters. The summed E-state index contributed by atoms with van der Waals surface area (Å²) in [5.74, 6) is 2.37. The first-order valence-corrected chi connectivity index (χ1v) is 7.50. The molecule has 0 aromatic carbocycles. The normalized spacial score (nSPS) is 20.2. The molecule has 4 rings (SSSR count). The summed E-state index contributed by atoms with van der Waals surface area (Å²) in [5, 5.41) is 9.08. The van der Waals surface area contributed by atoms with E-state index in [0.29, 0.717) is 16.9 Å². The molecule has 5 nitrogen and oxygen atoms in total. The highest BCUT2D eigenvalue weighted by Crippen LogP contribution is 2.40. The maximum atomic E-state index is 5.86. The number of halogens is 1. The van der Waals surface area contributed by atoms with Crippen molar-refractivity contribution in [1.82, 2.24) is 19.8 Å². The SMILES string of the molecule is Clc1cnn(CC2CN(Cc3cc(C4CC4)on3)C2)c1. The van der Waals surface area contributed by atoms with Gasteiger partial charge in [-0.3, -0.25) is 9.58 Å². The average Bonchev–Trinajstić information content (AvgIpc) is 3.00. The monoisotopic (exact) mass is 292 g/mol. The van der Waals surface area contributed by atoms with Gasteiger partial charge in [-0.2, -0.15) is 5.10 Å². The van der Waals surface area contributed by atoms with Crippen molar-refractivity contribution in [2.45, 2.75) is 31.8 Å². The zero-order chi connectivity index (χ0) is 13.5. The molecule has 2 aromatic heterocycles. The molecule has 3 heterocycles. The van der Waals surface area contributed by atoms with E-state index in [-0.39, 0.29) is 0 Å². The zero-order valence-corrected chi connectivity index (χ0v) is 12.0. The van der Waals surface area contributed by atoms with Crippen molar-refractivity contribution in [2.75, 3.05) is 13.1 Å². The molecule has 6 heteroatoms. The molecule has 106 valence electrons. The van der Waals surface area contributed by atoms with Gasteiger partial charge in [0, 0.05) is 50.3 Å². The van der Waals surface area contributed by atoms with Crippen molar-refractivity contribution in [3.63, 3.8) is 0 Å². The number of likely N-dealkylation sites (tertiary alicyclic amines) is 1. The molecule has 20 heavy (non-hydrogen) atoms. The van der Waals surface area contributed by atoms with Crippen LogP contribution in [-0.4, -0.2) is 32.9 Å². The second kappa shape index (κ2) is 4.90. The molecule has 0 N–H and O–H groups in total. The van der Waals surface area contributed by atoms with E-state index >= 15 is 0 Å². The predicted molar refractivity (Wildman–Crippen MR) is 74.5 cm³/mol. The van der Waals surface area contributed by atoms with Crippen molar-refractivity contribution in [2.24, 2.45) is 5.92 Å². The largest absolute Gasteiger partial charge is 0.361 e. The summed E-state index contributed by atoms with van der Waals surface area (Å²) in [7, 11) is 0. The van der Waals surface area contributed by atoms with E-state index in [4.69, 9.17) is 16.1 Å². The Hall–Kier alpha value is -1.33. The van der Waals surface area contributed by atoms with Gasteiger partial charge in [0.1, 0.15) is 5.76 Å². The minimum atomic E-state index is 0.643. The van der Waals surface area contributed by atoms with Gasteiger partial charge >= 0.3 is 0 Å². The third-order valence-corrected chi connectivity index (χ3v) is 4.22. The van der Waals surface area contributed by atoms with E-state index in [1.807, 2.05) is 10.9 Å². The van der Waals surface area contributed by atoms with Gasteiger partial charge in [0.15, 0.2) is 0 Å². The second-order valence-corrected chi connectivity index (χ2v) is 6.37. The van der Waals surface area contributed by atoms with Crippen LogP contribution < -0.4 is 0 Å². The van der Waals surface area contributed by atoms with Crippen molar-refractivity contribution in [3.05, 3.63) is 34.9 Å². The molecular formula is C14H17ClN4O. The third kappa shape index (κ3) is 2.60. The Kier molecular flexibility index (Phi) is 3.04. The molecule has 1 saturated carbocycles. The van der Waals surface area contributed by atoms with E-state index in [1.165, 1.54) is 12.8 Å². The predicted octanol–water partition coefficient (Wildman–Crippen LogP) is 2.53. The standard InChI is InChI=1S/C14H17ClN4O/c15-12-4-16-19(8-12)7-10-5-18(6-10)9-13-3-14(20-17-13)11-1-2-11/h3-4,8,10-11H,1-2,5-7,9H2. The first-order valence-electron chi connectivity index (χ1n) is 7.12. The van der Waals surface area contributed by atoms with Crippen LogP contribution in [0, 0.1) is 5.92 Å². The molecule has 1 aliphatic heterocycles. The maximum Gasteiger partial charge on any atom is 0.140 e. The number of rotatable bonds is 5. The van der Waals surface area contributed by atoms with Crippen LogP contribution in [0.25, 0.3) is 0 Å². The summed E-state index contributed by atoms with van der Waals surface area (Å²) >= 11 is 5.86. The molecule has 1 saturated heterocycles. The Morgan fingerprint density at radius 3 is 2.90 bits per heavy atom. The summed E-state index contributed by atoms with van der Waals surface area (Å²) < 4.78 is 7.30. The van der Waals surface area contributed by atoms with E-state index < -0.39 is 0 Å². The van der Waals surface area contributed by atoms with E-state index in [9.17, 15) is 0 Å². The Balaban J connectivity index is 1.26. The summed E-state index contributed by atoms with van der Waals surface area (Å²) in [5.41, 5.74) is 1.06. The third-order valence-electron chi connectivity index (χ3n) is 4.02. The van der Waals surface area contributed by atoms with Crippen LogP contribution >= 0.6 is 11.6 Å². The van der Waals surface area contributed by atoms with Crippen molar-refractivity contribution in [3.8, 4) is 0 Å². The van der Waals surface area contributed by atoms with Gasteiger partial charge in [-0.1, -0.05) is 16.8 Å². The summed E-state index contributed by atoms with van der Waals surface area (Å²) in [6, 6.07) is 2.12. The van der Waals surface area contributed by atoms with Crippen molar-refractivity contribution < 1.29 is 4.52 Å². The zero-order valence-electron chi connectivity index (χ0n) is 11.2. The topological polar surface area (TPSA) is 47.1 Å². The van der Waals surface area contributed by atoms with Gasteiger partial charge in [-0.25, -0.2) is 0 Å². The minimum absolute atomic E-state index is 0.643. The van der Waals surface area contributed by atoms with Crippen LogP contribution in [0.15, 0.2) is 23.0 Å². The van der Waals surface area contributed by atoms with Gasteiger partial charge in [-0.15, -0.1) is 0 Å². The second-order valence-electron chi connectivity index (χ2n) is 5.94. The molecule has 0 bridgehead atoms. The Labute approximate surface area is 122 Å². The fourth-order valence-electron chi connectivity index (χ4n) is 2.82. The smallest absolute Gasteiger partial charge is 0.140 e. The average molecular weight is 293 g/mol. The summed E-state index contributed by atoms with van der Waals surface area (Å²) in [6.07, 6.45) is 6.08. The highest BCUT2D eigenvalue weighted by atomic mass is 35.5. The molecule has 1 aliphatic carbocycles. The van der Waals surface area contributed by atoms with Gasteiger partial charge in [0.2, 0.25) is 0 Å².